The van der Waals surface area contributed by atoms with Crippen molar-refractivity contribution in [2.45, 2.75) is 114 Å². The number of rotatable bonds is 31. The molecule has 5 amide bonds. The van der Waals surface area contributed by atoms with Crippen LogP contribution in [0.1, 0.15) is 118 Å². The van der Waals surface area contributed by atoms with Crippen LogP contribution in [-0.2, 0) is 84.0 Å². The summed E-state index contributed by atoms with van der Waals surface area (Å²) in [5.74, 6) is -5.63. The predicted octanol–water partition coefficient (Wildman–Crippen LogP) is 20.2. The summed E-state index contributed by atoms with van der Waals surface area (Å²) in [6.45, 7) is 14.0. The van der Waals surface area contributed by atoms with Crippen LogP contribution in [0.4, 0.5) is 35.9 Å². The van der Waals surface area contributed by atoms with Gasteiger partial charge in [-0.2, -0.15) is 0 Å². The first-order valence-electron chi connectivity index (χ1n) is 33.9. The van der Waals surface area contributed by atoms with Crippen molar-refractivity contribution in [1.82, 2.24) is 5.32 Å². The molecule has 0 saturated carbocycles. The fourth-order valence-electron chi connectivity index (χ4n) is 9.33. The number of carboxylic acid groups (broad SMARTS) is 4. The molecule has 0 fully saturated rings. The van der Waals surface area contributed by atoms with Gasteiger partial charge in [0.25, 0.3) is 5.91 Å². The molecule has 0 radical (unpaired) electrons. The van der Waals surface area contributed by atoms with E-state index < -0.39 is 53.8 Å². The summed E-state index contributed by atoms with van der Waals surface area (Å²) in [4.78, 5) is 102. The maximum absolute atomic E-state index is 13.9. The Morgan fingerprint density at radius 1 is 0.366 bits per heavy atom. The van der Waals surface area contributed by atoms with Gasteiger partial charge in [-0.1, -0.05) is 90.7 Å². The lowest BCUT2D eigenvalue weighted by Gasteiger charge is -2.14. The van der Waals surface area contributed by atoms with E-state index in [9.17, 15) is 56.3 Å². The fraction of sp³-hybridized carbons (Fsp3) is 0.278. The van der Waals surface area contributed by atoms with Crippen LogP contribution in [-0.4, -0.2) is 80.4 Å². The lowest BCUT2D eigenvalue weighted by molar-refractivity contribution is -0.138. The molecule has 0 aliphatic heterocycles. The largest absolute Gasteiger partial charge is 0.487 e. The minimum Gasteiger partial charge on any atom is -0.487 e. The Morgan fingerprint density at radius 2 is 0.679 bits per heavy atom. The van der Waals surface area contributed by atoms with Crippen LogP contribution >= 0.6 is 119 Å². The topological polar surface area (TPSA) is 332 Å². The van der Waals surface area contributed by atoms with E-state index in [0.29, 0.717) is 102 Å². The molecule has 0 saturated heterocycles. The van der Waals surface area contributed by atoms with Gasteiger partial charge in [0.2, 0.25) is 23.6 Å². The first-order valence-corrected chi connectivity index (χ1v) is 39.4. The number of hydrogen-bond acceptors (Lipinski definition) is 13. The van der Waals surface area contributed by atoms with Gasteiger partial charge in [0.15, 0.2) is 5.75 Å². The average molecular weight is 1980 g/mol. The van der Waals surface area contributed by atoms with E-state index in [4.69, 9.17) is 62.6 Å². The molecular formula is C79H78Br6Cl2F3N5O17. The number of halogens is 11. The van der Waals surface area contributed by atoms with Crippen LogP contribution in [0.2, 0.25) is 10.0 Å². The summed E-state index contributed by atoms with van der Waals surface area (Å²) in [5, 5.41) is 48.7. The van der Waals surface area contributed by atoms with E-state index in [1.54, 1.807) is 96.1 Å². The zero-order valence-corrected chi connectivity index (χ0v) is 72.3. The number of carbonyl (C=O) groups excluding carboxylic acids is 5. The van der Waals surface area contributed by atoms with Gasteiger partial charge < -0.3 is 66.0 Å². The quantitative estimate of drug-likeness (QED) is 0.0195. The normalized spacial score (nSPS) is 10.7. The molecule has 598 valence electrons. The Morgan fingerprint density at radius 3 is 1.02 bits per heavy atom. The summed E-state index contributed by atoms with van der Waals surface area (Å²) in [7, 11) is 0. The van der Waals surface area contributed by atoms with Crippen LogP contribution in [0.25, 0.3) is 0 Å². The molecule has 33 heteroatoms. The SMILES string of the molecule is CC(C)C(=O)Nc1cc(F)cc(COc2c(Br)cc(C(=O)NCC(=O)O)cc2Br)c1.CC(C)C(=O)Nc1cc(F)cc(COc2c(Br)cc(CCC(=O)O)cc2Br)c1.CC(C)C(=O)Nc1cc(F)cc(COc2c(Cl)cc(CCC(=O)O)cc2Cl)c1.CC(C)C(=O)Nc1cccc(COc2c(Br)cc(CC(=O)O)cc2Br)c1. The second-order valence-electron chi connectivity index (χ2n) is 25.8. The van der Waals surface area contributed by atoms with Gasteiger partial charge in [0.05, 0.1) is 43.3 Å². The third-order valence-corrected chi connectivity index (χ3v) is 19.0. The van der Waals surface area contributed by atoms with Gasteiger partial charge in [-0.3, -0.25) is 43.2 Å². The van der Waals surface area contributed by atoms with Crippen molar-refractivity contribution in [1.29, 1.82) is 0 Å². The number of anilines is 4. The maximum atomic E-state index is 13.9. The van der Waals surface area contributed by atoms with Gasteiger partial charge in [-0.15, -0.1) is 0 Å². The third-order valence-electron chi connectivity index (χ3n) is 14.9. The number of nitrogens with one attached hydrogen (secondary N) is 5. The number of carbonyl (C=O) groups is 9. The van der Waals surface area contributed by atoms with Crippen molar-refractivity contribution in [3.8, 4) is 23.0 Å². The molecule has 9 N–H and O–H groups in total. The highest BCUT2D eigenvalue weighted by atomic mass is 79.9. The molecule has 0 bridgehead atoms. The molecule has 8 aromatic rings. The average Bonchev–Trinajstić information content (AvgIpc) is 0.836. The predicted molar refractivity (Wildman–Crippen MR) is 442 cm³/mol. The highest BCUT2D eigenvalue weighted by Gasteiger charge is 2.20. The fourth-order valence-corrected chi connectivity index (χ4v) is 14.4. The Labute approximate surface area is 704 Å². The highest BCUT2D eigenvalue weighted by molar-refractivity contribution is 9.12. The molecule has 8 aromatic carbocycles. The van der Waals surface area contributed by atoms with E-state index >= 15 is 0 Å². The van der Waals surface area contributed by atoms with E-state index in [1.165, 1.54) is 48.5 Å². The van der Waals surface area contributed by atoms with Crippen molar-refractivity contribution >= 4 is 195 Å². The molecule has 112 heavy (non-hydrogen) atoms. The van der Waals surface area contributed by atoms with E-state index in [1.807, 2.05) is 38.1 Å². The Bertz CT molecular complexity index is 4510. The summed E-state index contributed by atoms with van der Waals surface area (Å²) < 4.78 is 68.3. The summed E-state index contributed by atoms with van der Waals surface area (Å²) in [5.41, 5.74) is 6.62. The Kier molecular flexibility index (Phi) is 38.6. The molecule has 0 aromatic heterocycles. The van der Waals surface area contributed by atoms with Crippen LogP contribution < -0.4 is 45.5 Å². The van der Waals surface area contributed by atoms with Crippen LogP contribution in [0, 0.1) is 41.1 Å². The number of amides is 5. The summed E-state index contributed by atoms with van der Waals surface area (Å²) >= 11 is 32.7. The van der Waals surface area contributed by atoms with E-state index in [2.05, 4.69) is 122 Å². The standard InChI is InChI=1S/C20H19Br2FN2O5.C20H20Br2FNO4.C20H20Cl2FNO4.C19H19Br2NO4/c1-10(2)19(28)25-14-4-11(3-13(23)7-14)9-30-18-15(21)5-12(6-16(18)22)20(29)24-8-17(26)27;2*1-11(2)20(27)24-15-6-13(5-14(23)9-15)10-28-19-16(21)7-12(8-17(19)22)3-4-18(25)26;1-11(2)19(25)22-14-5-3-4-12(6-14)10-26-18-15(20)7-13(8-16(18)21)9-17(23)24/h3-7,10H,8-9H2,1-2H3,(H,24,29)(H,25,28)(H,26,27);2*5-9,11H,3-4,10H2,1-2H3,(H,24,27)(H,25,26);3-8,11H,9-10H2,1-2H3,(H,22,25)(H,23,24). The molecule has 0 aliphatic carbocycles. The van der Waals surface area contributed by atoms with Crippen molar-refractivity contribution in [2.24, 2.45) is 23.7 Å². The van der Waals surface area contributed by atoms with Crippen molar-refractivity contribution < 1.29 is 95.7 Å². The molecule has 0 unspecified atom stereocenters. The number of aryl methyl sites for hydroxylation is 2. The van der Waals surface area contributed by atoms with Crippen molar-refractivity contribution in [3.05, 3.63) is 226 Å². The van der Waals surface area contributed by atoms with Crippen molar-refractivity contribution in [2.75, 3.05) is 27.8 Å². The van der Waals surface area contributed by atoms with Crippen LogP contribution in [0.3, 0.4) is 0 Å². The zero-order valence-electron chi connectivity index (χ0n) is 61.3. The van der Waals surface area contributed by atoms with Gasteiger partial charge in [0.1, 0.15) is 67.7 Å². The second kappa shape index (κ2) is 46.0. The number of aliphatic carboxylic acids is 4. The van der Waals surface area contributed by atoms with E-state index in [-0.39, 0.29) is 114 Å². The van der Waals surface area contributed by atoms with Crippen molar-refractivity contribution in [3.63, 3.8) is 0 Å². The Balaban J connectivity index is 0.000000267. The highest BCUT2D eigenvalue weighted by Crippen LogP contribution is 2.40. The summed E-state index contributed by atoms with van der Waals surface area (Å²) in [6, 6.07) is 33.1. The monoisotopic (exact) mass is 1970 g/mol. The van der Waals surface area contributed by atoms with Crippen LogP contribution in [0.5, 0.6) is 23.0 Å². The maximum Gasteiger partial charge on any atom is 0.322 e. The molecule has 22 nitrogen and oxygen atoms in total. The molecular weight excluding hydrogens is 1900 g/mol. The first-order chi connectivity index (χ1) is 52.6. The van der Waals surface area contributed by atoms with Gasteiger partial charge in [-0.25, -0.2) is 13.2 Å². The summed E-state index contributed by atoms with van der Waals surface area (Å²) in [6.07, 6.45) is 0.622. The van der Waals surface area contributed by atoms with E-state index in [0.717, 1.165) is 16.8 Å². The molecule has 8 rings (SSSR count). The lowest BCUT2D eigenvalue weighted by atomic mass is 10.1. The lowest BCUT2D eigenvalue weighted by Crippen LogP contribution is -2.29. The van der Waals surface area contributed by atoms with Gasteiger partial charge in [-0.05, 0) is 263 Å². The first kappa shape index (κ1) is 94.0. The zero-order chi connectivity index (χ0) is 83.4. The minimum absolute atomic E-state index is 0.00403. The van der Waals surface area contributed by atoms with Gasteiger partial charge in [0, 0.05) is 64.8 Å². The van der Waals surface area contributed by atoms with Crippen LogP contribution in [0.15, 0.2) is 154 Å². The molecule has 0 atom stereocenters. The smallest absolute Gasteiger partial charge is 0.322 e. The Hall–Kier alpha value is -8.56. The number of ether oxygens (including phenoxy) is 4. The molecule has 0 aliphatic rings. The van der Waals surface area contributed by atoms with Gasteiger partial charge >= 0.3 is 23.9 Å². The third kappa shape index (κ3) is 32.9. The number of carboxylic acids is 4. The molecule has 0 spiro atoms. The second-order valence-corrected chi connectivity index (χ2v) is 31.8. The number of hydrogen-bond donors (Lipinski definition) is 9. The minimum atomic E-state index is -1.15. The number of benzene rings is 8. The molecule has 0 heterocycles.